The Bertz CT molecular complexity index is 219. The van der Waals surface area contributed by atoms with Gasteiger partial charge in [-0.2, -0.15) is 0 Å². The van der Waals surface area contributed by atoms with Gasteiger partial charge in [-0.05, 0) is 31.7 Å². The Kier molecular flexibility index (Phi) is 4.66. The van der Waals surface area contributed by atoms with E-state index in [1.807, 2.05) is 6.92 Å². The van der Waals surface area contributed by atoms with E-state index in [2.05, 4.69) is 5.32 Å². The first kappa shape index (κ1) is 11.2. The average molecular weight is 197 g/mol. The molecule has 0 atom stereocenters. The summed E-state index contributed by atoms with van der Waals surface area (Å²) in [4.78, 5) is 10.6. The van der Waals surface area contributed by atoms with Gasteiger partial charge in [-0.1, -0.05) is 19.4 Å². The van der Waals surface area contributed by atoms with Crippen LogP contribution in [-0.2, 0) is 4.79 Å². The highest BCUT2D eigenvalue weighted by Gasteiger charge is 2.15. The third-order valence-corrected chi connectivity index (χ3v) is 2.81. The molecule has 0 heterocycles. The average Bonchev–Trinajstić information content (AvgIpc) is 2.07. The molecule has 2 N–H and O–H groups in total. The zero-order valence-corrected chi connectivity index (χ0v) is 8.75. The molecule has 14 heavy (non-hydrogen) atoms. The van der Waals surface area contributed by atoms with Crippen molar-refractivity contribution < 1.29 is 9.90 Å². The number of rotatable bonds is 6. The fourth-order valence-electron chi connectivity index (χ4n) is 1.56. The van der Waals surface area contributed by atoms with Crippen molar-refractivity contribution in [3.63, 3.8) is 0 Å². The van der Waals surface area contributed by atoms with E-state index in [0.29, 0.717) is 18.5 Å². The van der Waals surface area contributed by atoms with Gasteiger partial charge < -0.3 is 10.4 Å². The summed E-state index contributed by atoms with van der Waals surface area (Å²) in [5.74, 6) is 0.0382. The Hall–Kier alpha value is -0.830. The molecule has 0 aromatic heterocycles. The molecule has 0 radical (unpaired) electrons. The summed E-state index contributed by atoms with van der Waals surface area (Å²) in [5, 5.41) is 12.0. The normalized spacial score (nSPS) is 17.9. The van der Waals surface area contributed by atoms with Crippen LogP contribution in [0.2, 0.25) is 0 Å². The van der Waals surface area contributed by atoms with Crippen molar-refractivity contribution >= 4 is 5.97 Å². The first-order chi connectivity index (χ1) is 6.74. The van der Waals surface area contributed by atoms with Gasteiger partial charge in [0.1, 0.15) is 0 Å². The van der Waals surface area contributed by atoms with E-state index < -0.39 is 5.97 Å². The Morgan fingerprint density at radius 2 is 2.29 bits per heavy atom. The molecule has 1 aliphatic rings. The molecule has 0 aliphatic heterocycles. The molecule has 1 aliphatic carbocycles. The highest BCUT2D eigenvalue weighted by molar-refractivity contribution is 5.86. The van der Waals surface area contributed by atoms with E-state index in [1.54, 1.807) is 6.08 Å². The Labute approximate surface area is 85.2 Å². The summed E-state index contributed by atoms with van der Waals surface area (Å²) in [7, 11) is 0. The summed E-state index contributed by atoms with van der Waals surface area (Å²) >= 11 is 0. The molecular formula is C11H19NO2. The second kappa shape index (κ2) is 5.81. The minimum absolute atomic E-state index is 0.506. The lowest BCUT2D eigenvalue weighted by molar-refractivity contribution is -0.132. The summed E-state index contributed by atoms with van der Waals surface area (Å²) in [6, 6.07) is 0. The van der Waals surface area contributed by atoms with Crippen LogP contribution in [0.5, 0.6) is 0 Å². The maximum atomic E-state index is 10.6. The first-order valence-corrected chi connectivity index (χ1v) is 5.37. The van der Waals surface area contributed by atoms with Crippen molar-refractivity contribution in [2.75, 3.05) is 13.1 Å². The third-order valence-electron chi connectivity index (χ3n) is 2.81. The molecule has 80 valence electrons. The monoisotopic (exact) mass is 197 g/mol. The lowest BCUT2D eigenvalue weighted by Gasteiger charge is -2.25. The van der Waals surface area contributed by atoms with Crippen molar-refractivity contribution in [3.05, 3.63) is 11.6 Å². The van der Waals surface area contributed by atoms with E-state index in [0.717, 1.165) is 12.5 Å². The Morgan fingerprint density at radius 1 is 1.57 bits per heavy atom. The molecule has 0 bridgehead atoms. The lowest BCUT2D eigenvalue weighted by atomic mass is 9.85. The van der Waals surface area contributed by atoms with Crippen molar-refractivity contribution in [1.29, 1.82) is 0 Å². The van der Waals surface area contributed by atoms with Gasteiger partial charge in [-0.15, -0.1) is 0 Å². The number of hydrogen-bond donors (Lipinski definition) is 2. The van der Waals surface area contributed by atoms with Crippen LogP contribution in [0.3, 0.4) is 0 Å². The van der Waals surface area contributed by atoms with Crippen molar-refractivity contribution in [3.8, 4) is 0 Å². The van der Waals surface area contributed by atoms with Crippen molar-refractivity contribution in [2.24, 2.45) is 5.92 Å². The van der Waals surface area contributed by atoms with Crippen LogP contribution in [-0.4, -0.2) is 24.2 Å². The molecule has 1 fully saturated rings. The maximum Gasteiger partial charge on any atom is 0.331 e. The van der Waals surface area contributed by atoms with Gasteiger partial charge >= 0.3 is 5.97 Å². The molecule has 1 rings (SSSR count). The molecule has 0 aromatic carbocycles. The largest absolute Gasteiger partial charge is 0.478 e. The fourth-order valence-corrected chi connectivity index (χ4v) is 1.56. The van der Waals surface area contributed by atoms with Crippen LogP contribution in [0.4, 0.5) is 0 Å². The number of carbonyl (C=O) groups is 1. The van der Waals surface area contributed by atoms with E-state index in [1.165, 1.54) is 19.3 Å². The van der Waals surface area contributed by atoms with E-state index in [-0.39, 0.29) is 0 Å². The molecule has 0 unspecified atom stereocenters. The van der Waals surface area contributed by atoms with Gasteiger partial charge in [0.15, 0.2) is 0 Å². The van der Waals surface area contributed by atoms with Crippen LogP contribution in [0.15, 0.2) is 11.6 Å². The highest BCUT2D eigenvalue weighted by atomic mass is 16.4. The van der Waals surface area contributed by atoms with Gasteiger partial charge in [0.2, 0.25) is 0 Å². The number of carboxylic acids is 1. The smallest absolute Gasteiger partial charge is 0.331 e. The molecule has 3 nitrogen and oxygen atoms in total. The Balaban J connectivity index is 2.13. The number of aliphatic carboxylic acids is 1. The standard InChI is InChI=1S/C11H19NO2/c1-2-10(11(13)14)6-7-12-8-9-4-3-5-9/h6,9,12H,2-5,7-8H2,1H3,(H,13,14). The Morgan fingerprint density at radius 3 is 2.71 bits per heavy atom. The number of hydrogen-bond acceptors (Lipinski definition) is 2. The van der Waals surface area contributed by atoms with Crippen LogP contribution in [0, 0.1) is 5.92 Å². The van der Waals surface area contributed by atoms with Gasteiger partial charge in [0, 0.05) is 12.1 Å². The van der Waals surface area contributed by atoms with Crippen LogP contribution in [0.25, 0.3) is 0 Å². The van der Waals surface area contributed by atoms with Crippen LogP contribution < -0.4 is 5.32 Å². The quantitative estimate of drug-likeness (QED) is 0.504. The zero-order valence-electron chi connectivity index (χ0n) is 8.75. The number of nitrogens with one attached hydrogen (secondary N) is 1. The molecule has 0 saturated heterocycles. The van der Waals surface area contributed by atoms with Crippen molar-refractivity contribution in [2.45, 2.75) is 32.6 Å². The minimum Gasteiger partial charge on any atom is -0.478 e. The predicted octanol–water partition coefficient (Wildman–Crippen LogP) is 1.80. The fraction of sp³-hybridized carbons (Fsp3) is 0.727. The van der Waals surface area contributed by atoms with E-state index in [4.69, 9.17) is 5.11 Å². The number of carboxylic acid groups (broad SMARTS) is 1. The van der Waals surface area contributed by atoms with Gasteiger partial charge in [-0.3, -0.25) is 0 Å². The molecule has 1 saturated carbocycles. The second-order valence-corrected chi connectivity index (χ2v) is 3.84. The van der Waals surface area contributed by atoms with Gasteiger partial charge in [0.25, 0.3) is 0 Å². The predicted molar refractivity (Wildman–Crippen MR) is 56.2 cm³/mol. The van der Waals surface area contributed by atoms with Crippen molar-refractivity contribution in [1.82, 2.24) is 5.32 Å². The second-order valence-electron chi connectivity index (χ2n) is 3.84. The molecular weight excluding hydrogens is 178 g/mol. The van der Waals surface area contributed by atoms with Crippen LogP contribution in [0.1, 0.15) is 32.6 Å². The topological polar surface area (TPSA) is 49.3 Å². The van der Waals surface area contributed by atoms with E-state index in [9.17, 15) is 4.79 Å². The SMILES string of the molecule is CCC(=CCNCC1CCC1)C(=O)O. The zero-order chi connectivity index (χ0) is 10.4. The summed E-state index contributed by atoms with van der Waals surface area (Å²) in [6.45, 7) is 3.59. The minimum atomic E-state index is -0.794. The molecule has 3 heteroatoms. The highest BCUT2D eigenvalue weighted by Crippen LogP contribution is 2.24. The first-order valence-electron chi connectivity index (χ1n) is 5.37. The lowest BCUT2D eigenvalue weighted by Crippen LogP contribution is -2.27. The summed E-state index contributed by atoms with van der Waals surface area (Å²) in [5.41, 5.74) is 0.506. The molecule has 0 amide bonds. The molecule has 0 spiro atoms. The summed E-state index contributed by atoms with van der Waals surface area (Å²) in [6.07, 6.45) is 6.39. The van der Waals surface area contributed by atoms with Gasteiger partial charge in [0.05, 0.1) is 0 Å². The summed E-state index contributed by atoms with van der Waals surface area (Å²) < 4.78 is 0. The third kappa shape index (κ3) is 3.50. The molecule has 0 aromatic rings. The van der Waals surface area contributed by atoms with Crippen LogP contribution >= 0.6 is 0 Å². The van der Waals surface area contributed by atoms with Gasteiger partial charge in [-0.25, -0.2) is 4.79 Å². The van der Waals surface area contributed by atoms with E-state index >= 15 is 0 Å². The maximum absolute atomic E-state index is 10.6.